The van der Waals surface area contributed by atoms with Gasteiger partial charge in [-0.1, -0.05) is 35.9 Å². The fourth-order valence-corrected chi connectivity index (χ4v) is 5.63. The molecule has 3 saturated heterocycles. The van der Waals surface area contributed by atoms with E-state index in [0.29, 0.717) is 41.5 Å². The Morgan fingerprint density at radius 1 is 0.930 bits per heavy atom. The highest BCUT2D eigenvalue weighted by molar-refractivity contribution is 6.31. The largest absolute Gasteiger partial charge is 0.488 e. The molecule has 3 aliphatic rings. The molecule has 0 bridgehead atoms. The summed E-state index contributed by atoms with van der Waals surface area (Å²) < 4.78 is 28.2. The van der Waals surface area contributed by atoms with Gasteiger partial charge in [0.15, 0.2) is 12.4 Å². The lowest BCUT2D eigenvalue weighted by Crippen LogP contribution is -2.63. The maximum atomic E-state index is 11.6. The number of carboxylic acid groups (broad SMARTS) is 1. The van der Waals surface area contributed by atoms with Crippen LogP contribution >= 0.6 is 11.6 Å². The third kappa shape index (κ3) is 6.97. The van der Waals surface area contributed by atoms with Gasteiger partial charge in [-0.3, -0.25) is 0 Å². The highest BCUT2D eigenvalue weighted by Gasteiger charge is 2.52. The van der Waals surface area contributed by atoms with Crippen molar-refractivity contribution >= 4 is 17.6 Å². The Morgan fingerprint density at radius 3 is 2.33 bits per heavy atom. The van der Waals surface area contributed by atoms with Crippen LogP contribution in [0.5, 0.6) is 5.75 Å². The van der Waals surface area contributed by atoms with E-state index in [1.54, 1.807) is 18.2 Å². The molecule has 3 heterocycles. The van der Waals surface area contributed by atoms with Crippen molar-refractivity contribution in [1.29, 1.82) is 0 Å². The number of rotatable bonds is 9. The Morgan fingerprint density at radius 2 is 1.67 bits per heavy atom. The lowest BCUT2D eigenvalue weighted by molar-refractivity contribution is -0.337. The minimum Gasteiger partial charge on any atom is -0.488 e. The molecule has 2 aromatic carbocycles. The Bertz CT molecular complexity index is 1240. The maximum absolute atomic E-state index is 11.6. The van der Waals surface area contributed by atoms with Crippen LogP contribution in [-0.4, -0.2) is 123 Å². The van der Waals surface area contributed by atoms with E-state index in [4.69, 9.17) is 35.3 Å². The number of carbonyl (C=O) groups is 1. The molecule has 236 valence electrons. The molecule has 14 heteroatoms. The van der Waals surface area contributed by atoms with Crippen LogP contribution in [0.25, 0.3) is 0 Å². The van der Waals surface area contributed by atoms with E-state index in [-0.39, 0.29) is 6.10 Å². The molecule has 3 fully saturated rings. The van der Waals surface area contributed by atoms with Gasteiger partial charge in [0.2, 0.25) is 0 Å². The van der Waals surface area contributed by atoms with Crippen LogP contribution in [0.1, 0.15) is 29.2 Å². The van der Waals surface area contributed by atoms with Gasteiger partial charge in [0.05, 0.1) is 19.8 Å². The summed E-state index contributed by atoms with van der Waals surface area (Å²) in [4.78, 5) is 11.6. The quantitative estimate of drug-likeness (QED) is 0.188. The molecule has 43 heavy (non-hydrogen) atoms. The van der Waals surface area contributed by atoms with Crippen molar-refractivity contribution in [3.8, 4) is 5.75 Å². The Hall–Kier alpha value is -2.40. The van der Waals surface area contributed by atoms with Gasteiger partial charge in [0.25, 0.3) is 0 Å². The van der Waals surface area contributed by atoms with E-state index in [9.17, 15) is 40.5 Å². The van der Waals surface area contributed by atoms with E-state index in [2.05, 4.69) is 0 Å². The number of aliphatic hydroxyl groups excluding tert-OH is 6. The number of carboxylic acids is 1. The van der Waals surface area contributed by atoms with Crippen molar-refractivity contribution in [1.82, 2.24) is 0 Å². The van der Waals surface area contributed by atoms with Gasteiger partial charge in [-0.2, -0.15) is 0 Å². The Balaban J connectivity index is 1.38. The van der Waals surface area contributed by atoms with Crippen molar-refractivity contribution in [3.63, 3.8) is 0 Å². The highest BCUT2D eigenvalue weighted by Crippen LogP contribution is 2.38. The summed E-state index contributed by atoms with van der Waals surface area (Å²) >= 11 is 6.52. The molecule has 5 rings (SSSR count). The highest BCUT2D eigenvalue weighted by atomic mass is 35.5. The third-order valence-electron chi connectivity index (χ3n) is 7.88. The lowest BCUT2D eigenvalue weighted by Gasteiger charge is -2.46. The van der Waals surface area contributed by atoms with E-state index >= 15 is 0 Å². The predicted octanol–water partition coefficient (Wildman–Crippen LogP) is -0.470. The normalized spacial score (nSPS) is 36.4. The standard InChI is InChI=1S/C29H35ClO13/c30-18-6-3-14(10-15(18)9-13-1-4-16(5-2-13)40-17-7-8-39-12-17)25-26(22(34)20(32)19(11-31)41-25)42-29-24(36)21(33)23(35)27(43-29)28(37)38/h1-6,10,17,19-27,29,31-36H,7-9,11-12H2,(H,37,38)/t17-,19+,20+,21+,22-,23+,24-,25-,26+,27+,29-/m0/s1. The molecule has 0 unspecified atom stereocenters. The number of aliphatic carboxylic acids is 1. The van der Waals surface area contributed by atoms with Crippen LogP contribution in [0.15, 0.2) is 42.5 Å². The number of halogens is 1. The van der Waals surface area contributed by atoms with Gasteiger partial charge in [-0.05, 0) is 41.3 Å². The van der Waals surface area contributed by atoms with Gasteiger partial charge in [-0.25, -0.2) is 4.79 Å². The molecule has 3 aliphatic heterocycles. The minimum atomic E-state index is -1.95. The monoisotopic (exact) mass is 626 g/mol. The lowest BCUT2D eigenvalue weighted by atomic mass is 9.89. The van der Waals surface area contributed by atoms with E-state index in [1.807, 2.05) is 24.3 Å². The molecule has 0 amide bonds. The van der Waals surface area contributed by atoms with Crippen LogP contribution in [0.3, 0.4) is 0 Å². The molecular formula is C29H35ClO13. The second-order valence-corrected chi connectivity index (χ2v) is 11.3. The van der Waals surface area contributed by atoms with E-state index in [0.717, 1.165) is 12.0 Å². The second kappa shape index (κ2) is 13.7. The molecule has 0 saturated carbocycles. The maximum Gasteiger partial charge on any atom is 0.335 e. The number of aliphatic hydroxyl groups is 6. The van der Waals surface area contributed by atoms with Crippen molar-refractivity contribution in [3.05, 3.63) is 64.2 Å². The summed E-state index contributed by atoms with van der Waals surface area (Å²) in [5.74, 6) is -0.897. The van der Waals surface area contributed by atoms with Crippen molar-refractivity contribution in [2.24, 2.45) is 0 Å². The molecule has 0 spiro atoms. The van der Waals surface area contributed by atoms with E-state index < -0.39 is 73.8 Å². The summed E-state index contributed by atoms with van der Waals surface area (Å²) in [5.41, 5.74) is 2.02. The first-order valence-corrected chi connectivity index (χ1v) is 14.3. The van der Waals surface area contributed by atoms with Gasteiger partial charge >= 0.3 is 5.97 Å². The van der Waals surface area contributed by atoms with Crippen LogP contribution in [-0.2, 0) is 30.2 Å². The minimum absolute atomic E-state index is 0.0164. The molecular weight excluding hydrogens is 592 g/mol. The zero-order chi connectivity index (χ0) is 30.8. The zero-order valence-electron chi connectivity index (χ0n) is 22.9. The smallest absolute Gasteiger partial charge is 0.335 e. The van der Waals surface area contributed by atoms with Crippen LogP contribution in [0.4, 0.5) is 0 Å². The Labute approximate surface area is 251 Å². The fourth-order valence-electron chi connectivity index (χ4n) is 5.44. The average molecular weight is 627 g/mol. The van der Waals surface area contributed by atoms with Gasteiger partial charge < -0.3 is 59.4 Å². The molecule has 13 nitrogen and oxygen atoms in total. The van der Waals surface area contributed by atoms with Crippen LogP contribution < -0.4 is 4.74 Å². The fraction of sp³-hybridized carbons (Fsp3) is 0.552. The first-order chi connectivity index (χ1) is 20.6. The van der Waals surface area contributed by atoms with Crippen LogP contribution in [0.2, 0.25) is 5.02 Å². The zero-order valence-corrected chi connectivity index (χ0v) is 23.6. The summed E-state index contributed by atoms with van der Waals surface area (Å²) in [6, 6.07) is 12.4. The molecule has 11 atom stereocenters. The van der Waals surface area contributed by atoms with Crippen molar-refractivity contribution in [2.75, 3.05) is 19.8 Å². The molecule has 0 radical (unpaired) electrons. The van der Waals surface area contributed by atoms with Gasteiger partial charge in [0.1, 0.15) is 60.7 Å². The molecule has 0 aliphatic carbocycles. The second-order valence-electron chi connectivity index (χ2n) is 10.9. The van der Waals surface area contributed by atoms with Crippen molar-refractivity contribution < 1.29 is 64.2 Å². The summed E-state index contributed by atoms with van der Waals surface area (Å²) in [6.07, 6.45) is -15.5. The van der Waals surface area contributed by atoms with Gasteiger partial charge in [-0.15, -0.1) is 0 Å². The summed E-state index contributed by atoms with van der Waals surface area (Å²) in [5, 5.41) is 71.9. The number of hydrogen-bond donors (Lipinski definition) is 7. The van der Waals surface area contributed by atoms with E-state index in [1.165, 1.54) is 0 Å². The number of hydrogen-bond acceptors (Lipinski definition) is 12. The topological polar surface area (TPSA) is 205 Å². The third-order valence-corrected chi connectivity index (χ3v) is 8.25. The SMILES string of the molecule is O=C(O)[C@@H]1O[C@H](O[C@@H]2[C@@H](O)[C@H](O)[C@@H](CO)O[C@H]2c2ccc(Cl)c(Cc3ccc(O[C@H]4CCOC4)cc3)c2)[C@@H](O)[C@H](O)[C@H]1O. The molecule has 2 aromatic rings. The van der Waals surface area contributed by atoms with Crippen molar-refractivity contribution in [2.45, 2.75) is 80.2 Å². The Kier molecular flexibility index (Phi) is 10.2. The number of ether oxygens (including phenoxy) is 5. The van der Waals surface area contributed by atoms with Crippen LogP contribution in [0, 0.1) is 0 Å². The summed E-state index contributed by atoms with van der Waals surface area (Å²) in [7, 11) is 0. The summed E-state index contributed by atoms with van der Waals surface area (Å²) in [6.45, 7) is 0.582. The van der Waals surface area contributed by atoms with Gasteiger partial charge in [0, 0.05) is 11.4 Å². The first kappa shape index (κ1) is 32.0. The molecule has 0 aromatic heterocycles. The first-order valence-electron chi connectivity index (χ1n) is 13.9. The number of benzene rings is 2. The predicted molar refractivity (Wildman–Crippen MR) is 146 cm³/mol. The average Bonchev–Trinajstić information content (AvgIpc) is 3.51. The molecule has 7 N–H and O–H groups in total.